The van der Waals surface area contributed by atoms with Gasteiger partial charge in [0.2, 0.25) is 0 Å². The van der Waals surface area contributed by atoms with Crippen LogP contribution in [0.15, 0.2) is 0 Å². The maximum atomic E-state index is 10.6. The molecular weight excluding hydrogens is 152 g/mol. The molecule has 0 amide bonds. The second-order valence-electron chi connectivity index (χ2n) is 2.47. The predicted molar refractivity (Wildman–Crippen MR) is 48.7 cm³/mol. The average molecular weight is 168 g/mol. The fraction of sp³-hybridized carbons (Fsp3) is 0.500. The lowest BCUT2D eigenvalue weighted by Crippen LogP contribution is -2.15. The first kappa shape index (κ1) is 11.5. The van der Waals surface area contributed by atoms with Crippen molar-refractivity contribution in [3.05, 3.63) is 25.7 Å². The van der Waals surface area contributed by atoms with Gasteiger partial charge >= 0.3 is 5.97 Å². The molecule has 2 nitrogen and oxygen atoms in total. The molecule has 0 rings (SSSR count). The highest BCUT2D eigenvalue weighted by Gasteiger charge is 2.08. The topological polar surface area (TPSA) is 26.3 Å². The molecule has 0 unspecified atom stereocenters. The third kappa shape index (κ3) is 6.20. The number of carbonyl (C=O) groups is 1. The van der Waals surface area contributed by atoms with Gasteiger partial charge in [-0.3, -0.25) is 4.79 Å². The Morgan fingerprint density at radius 3 is 2.58 bits per heavy atom. The van der Waals surface area contributed by atoms with Gasteiger partial charge in [0.05, 0.1) is 0 Å². The summed E-state index contributed by atoms with van der Waals surface area (Å²) in [5.74, 6) is -0.230. The predicted octanol–water partition coefficient (Wildman–Crippen LogP) is 2.17. The van der Waals surface area contributed by atoms with E-state index in [4.69, 9.17) is 4.74 Å². The smallest absolute Gasteiger partial charge is 0.302 e. The summed E-state index contributed by atoms with van der Waals surface area (Å²) in [6.07, 6.45) is 8.33. The van der Waals surface area contributed by atoms with Gasteiger partial charge in [-0.2, -0.15) is 0 Å². The van der Waals surface area contributed by atoms with Gasteiger partial charge in [0, 0.05) is 13.3 Å². The Balaban J connectivity index is 3.46. The minimum Gasteiger partial charge on any atom is -0.462 e. The van der Waals surface area contributed by atoms with Crippen molar-refractivity contribution < 1.29 is 9.53 Å². The summed E-state index contributed by atoms with van der Waals surface area (Å²) in [5, 5.41) is 0. The highest BCUT2D eigenvalue weighted by Crippen LogP contribution is 2.06. The molecule has 0 spiro atoms. The standard InChI is InChI=1S/C10H16O2/c1-4-6-7-8-10(5-2)12-9(3)11/h4,6-8,10H,5H2,1-3H3/t10-/m0/s1. The molecule has 4 radical (unpaired) electrons. The zero-order valence-electron chi connectivity index (χ0n) is 7.91. The first-order valence-corrected chi connectivity index (χ1v) is 4.17. The summed E-state index contributed by atoms with van der Waals surface area (Å²) >= 11 is 0. The maximum Gasteiger partial charge on any atom is 0.302 e. The first-order valence-electron chi connectivity index (χ1n) is 4.17. The van der Waals surface area contributed by atoms with Gasteiger partial charge in [0.15, 0.2) is 0 Å². The van der Waals surface area contributed by atoms with Gasteiger partial charge in [-0.25, -0.2) is 0 Å². The number of hydrogen-bond donors (Lipinski definition) is 0. The number of unbranched alkanes of at least 4 members (excludes halogenated alkanes) is 2. The number of ether oxygens (including phenoxy) is 1. The van der Waals surface area contributed by atoms with Crippen LogP contribution in [0.2, 0.25) is 0 Å². The third-order valence-electron chi connectivity index (χ3n) is 1.35. The molecule has 0 bridgehead atoms. The van der Waals surface area contributed by atoms with E-state index in [2.05, 4.69) is 0 Å². The first-order chi connectivity index (χ1) is 5.70. The molecule has 2 heteroatoms. The molecule has 0 aromatic carbocycles. The van der Waals surface area contributed by atoms with E-state index in [-0.39, 0.29) is 12.1 Å². The molecule has 0 aliphatic heterocycles. The van der Waals surface area contributed by atoms with Crippen LogP contribution in [0.3, 0.4) is 0 Å². The summed E-state index contributed by atoms with van der Waals surface area (Å²) in [5.41, 5.74) is 0. The van der Waals surface area contributed by atoms with Gasteiger partial charge < -0.3 is 4.74 Å². The van der Waals surface area contributed by atoms with Crippen LogP contribution in [0.5, 0.6) is 0 Å². The number of esters is 1. The van der Waals surface area contributed by atoms with Crippen LogP contribution in [-0.2, 0) is 9.53 Å². The molecular formula is C10H16O2. The van der Waals surface area contributed by atoms with E-state index in [1.807, 2.05) is 39.5 Å². The summed E-state index contributed by atoms with van der Waals surface area (Å²) in [7, 11) is 0. The normalized spacial score (nSPS) is 12.6. The van der Waals surface area contributed by atoms with Crippen molar-refractivity contribution in [3.63, 3.8) is 0 Å². The van der Waals surface area contributed by atoms with Crippen LogP contribution in [-0.4, -0.2) is 12.1 Å². The maximum absolute atomic E-state index is 10.6. The van der Waals surface area contributed by atoms with Gasteiger partial charge in [-0.05, 0) is 25.7 Å². The molecule has 0 fully saturated rings. The van der Waals surface area contributed by atoms with Crippen molar-refractivity contribution in [1.82, 2.24) is 0 Å². The van der Waals surface area contributed by atoms with Crippen molar-refractivity contribution >= 4 is 5.97 Å². The Bertz CT molecular complexity index is 121. The molecule has 0 N–H and O–H groups in total. The fourth-order valence-electron chi connectivity index (χ4n) is 0.771. The number of carbonyl (C=O) groups excluding carboxylic acids is 1. The summed E-state index contributed by atoms with van der Waals surface area (Å²) in [6.45, 7) is 5.34. The van der Waals surface area contributed by atoms with Crippen LogP contribution in [0.1, 0.15) is 27.2 Å². The van der Waals surface area contributed by atoms with E-state index in [0.717, 1.165) is 6.42 Å². The minimum atomic E-state index is -0.230. The van der Waals surface area contributed by atoms with Crippen molar-refractivity contribution in [3.8, 4) is 0 Å². The van der Waals surface area contributed by atoms with E-state index >= 15 is 0 Å². The van der Waals surface area contributed by atoms with Crippen LogP contribution in [0.25, 0.3) is 0 Å². The highest BCUT2D eigenvalue weighted by atomic mass is 16.5. The fourth-order valence-corrected chi connectivity index (χ4v) is 0.771. The molecule has 12 heavy (non-hydrogen) atoms. The third-order valence-corrected chi connectivity index (χ3v) is 1.35. The van der Waals surface area contributed by atoms with Crippen LogP contribution in [0.4, 0.5) is 0 Å². The van der Waals surface area contributed by atoms with Gasteiger partial charge in [0.1, 0.15) is 6.10 Å². The lowest BCUT2D eigenvalue weighted by molar-refractivity contribution is -0.144. The second-order valence-corrected chi connectivity index (χ2v) is 2.47. The molecule has 68 valence electrons. The van der Waals surface area contributed by atoms with E-state index in [0.29, 0.717) is 0 Å². The van der Waals surface area contributed by atoms with Gasteiger partial charge in [0.25, 0.3) is 0 Å². The Kier molecular flexibility index (Phi) is 6.82. The minimum absolute atomic E-state index is 0.0845. The van der Waals surface area contributed by atoms with Gasteiger partial charge in [-0.1, -0.05) is 13.8 Å². The van der Waals surface area contributed by atoms with E-state index in [9.17, 15) is 4.79 Å². The lowest BCUT2D eigenvalue weighted by Gasteiger charge is -2.13. The van der Waals surface area contributed by atoms with E-state index in [1.165, 1.54) is 6.92 Å². The Labute approximate surface area is 75.3 Å². The molecule has 0 aromatic rings. The van der Waals surface area contributed by atoms with Crippen molar-refractivity contribution in [2.45, 2.75) is 33.3 Å². The second kappa shape index (κ2) is 7.14. The molecule has 0 aliphatic rings. The number of rotatable bonds is 6. The van der Waals surface area contributed by atoms with Crippen LogP contribution in [0, 0.1) is 25.7 Å². The highest BCUT2D eigenvalue weighted by molar-refractivity contribution is 5.66. The molecule has 0 saturated carbocycles. The molecule has 0 aliphatic carbocycles. The zero-order chi connectivity index (χ0) is 9.40. The SMILES string of the molecule is C[CH][CH][CH][CH][C@H](CC)OC(C)=O. The van der Waals surface area contributed by atoms with Gasteiger partial charge in [-0.15, -0.1) is 0 Å². The Morgan fingerprint density at radius 2 is 2.17 bits per heavy atom. The lowest BCUT2D eigenvalue weighted by atomic mass is 10.1. The Hall–Kier alpha value is -0.530. The summed E-state index contributed by atoms with van der Waals surface area (Å²) < 4.78 is 4.99. The summed E-state index contributed by atoms with van der Waals surface area (Å²) in [6, 6.07) is 0. The van der Waals surface area contributed by atoms with Crippen molar-refractivity contribution in [2.75, 3.05) is 0 Å². The van der Waals surface area contributed by atoms with E-state index < -0.39 is 0 Å². The van der Waals surface area contributed by atoms with Crippen molar-refractivity contribution in [2.24, 2.45) is 0 Å². The molecule has 1 atom stereocenters. The average Bonchev–Trinajstić information content (AvgIpc) is 2.02. The quantitative estimate of drug-likeness (QED) is 0.449. The largest absolute Gasteiger partial charge is 0.462 e. The number of hydrogen-bond acceptors (Lipinski definition) is 2. The zero-order valence-corrected chi connectivity index (χ0v) is 7.91. The monoisotopic (exact) mass is 168 g/mol. The van der Waals surface area contributed by atoms with Crippen molar-refractivity contribution in [1.29, 1.82) is 0 Å². The molecule has 0 saturated heterocycles. The Morgan fingerprint density at radius 1 is 1.50 bits per heavy atom. The summed E-state index contributed by atoms with van der Waals surface area (Å²) in [4.78, 5) is 10.6. The molecule has 0 heterocycles. The van der Waals surface area contributed by atoms with E-state index in [1.54, 1.807) is 0 Å². The van der Waals surface area contributed by atoms with Crippen LogP contribution >= 0.6 is 0 Å². The van der Waals surface area contributed by atoms with Crippen LogP contribution < -0.4 is 0 Å². The molecule has 0 aromatic heterocycles.